The van der Waals surface area contributed by atoms with Crippen LogP contribution in [0.5, 0.6) is 11.5 Å². The number of thiazole rings is 1. The van der Waals surface area contributed by atoms with E-state index in [1.54, 1.807) is 12.1 Å². The Bertz CT molecular complexity index is 963. The van der Waals surface area contributed by atoms with Gasteiger partial charge in [-0.2, -0.15) is 0 Å². The molecule has 0 fully saturated rings. The fourth-order valence-corrected chi connectivity index (χ4v) is 4.37. The van der Waals surface area contributed by atoms with Crippen molar-refractivity contribution in [3.8, 4) is 22.8 Å². The van der Waals surface area contributed by atoms with Gasteiger partial charge in [0, 0.05) is 23.1 Å². The Morgan fingerprint density at radius 3 is 2.70 bits per heavy atom. The van der Waals surface area contributed by atoms with Gasteiger partial charge in [-0.3, -0.25) is 4.79 Å². The molecule has 8 heteroatoms. The summed E-state index contributed by atoms with van der Waals surface area (Å²) >= 11 is 9.14. The van der Waals surface area contributed by atoms with Gasteiger partial charge < -0.3 is 14.8 Å². The highest BCUT2D eigenvalue weighted by Gasteiger charge is 2.16. The topological polar surface area (TPSA) is 60.5 Å². The minimum atomic E-state index is -0.157. The normalized spacial score (nSPS) is 12.6. The third kappa shape index (κ3) is 4.37. The third-order valence-corrected chi connectivity index (χ3v) is 6.12. The molecule has 3 aromatic rings. The van der Waals surface area contributed by atoms with E-state index in [1.165, 1.54) is 23.1 Å². The van der Waals surface area contributed by atoms with Crippen molar-refractivity contribution in [3.05, 3.63) is 52.9 Å². The zero-order valence-electron chi connectivity index (χ0n) is 14.1. The van der Waals surface area contributed by atoms with E-state index in [-0.39, 0.29) is 11.7 Å². The largest absolute Gasteiger partial charge is 0.486 e. The Morgan fingerprint density at radius 1 is 1.19 bits per heavy atom. The predicted octanol–water partition coefficient (Wildman–Crippen LogP) is 4.97. The van der Waals surface area contributed by atoms with Crippen molar-refractivity contribution in [1.29, 1.82) is 0 Å². The maximum atomic E-state index is 12.3. The Morgan fingerprint density at radius 2 is 1.93 bits per heavy atom. The van der Waals surface area contributed by atoms with E-state index >= 15 is 0 Å². The summed E-state index contributed by atoms with van der Waals surface area (Å²) in [4.78, 5) is 16.9. The van der Waals surface area contributed by atoms with Gasteiger partial charge in [-0.15, -0.1) is 11.3 Å². The first-order chi connectivity index (χ1) is 13.2. The fourth-order valence-electron chi connectivity index (χ4n) is 2.54. The van der Waals surface area contributed by atoms with E-state index in [4.69, 9.17) is 21.1 Å². The standard InChI is InChI=1S/C19H15ClN2O3S2/c20-13-8-16-17(25-7-6-24-16)9-14(13)21-18(23)11-27-19-22-15(10-26-19)12-4-2-1-3-5-12/h1-5,8-10H,6-7,11H2,(H,21,23). The summed E-state index contributed by atoms with van der Waals surface area (Å²) in [6.45, 7) is 0.968. The molecule has 0 aliphatic carbocycles. The van der Waals surface area contributed by atoms with E-state index in [0.29, 0.717) is 35.4 Å². The zero-order chi connectivity index (χ0) is 18.6. The molecule has 1 amide bonds. The molecule has 0 atom stereocenters. The van der Waals surface area contributed by atoms with Gasteiger partial charge in [0.25, 0.3) is 0 Å². The van der Waals surface area contributed by atoms with E-state index in [2.05, 4.69) is 10.3 Å². The van der Waals surface area contributed by atoms with Crippen LogP contribution >= 0.6 is 34.7 Å². The lowest BCUT2D eigenvalue weighted by molar-refractivity contribution is -0.113. The van der Waals surface area contributed by atoms with Gasteiger partial charge in [-0.25, -0.2) is 4.98 Å². The van der Waals surface area contributed by atoms with E-state index in [9.17, 15) is 4.79 Å². The highest BCUT2D eigenvalue weighted by Crippen LogP contribution is 2.38. The Balaban J connectivity index is 1.37. The van der Waals surface area contributed by atoms with Gasteiger partial charge in [-0.05, 0) is 0 Å². The highest BCUT2D eigenvalue weighted by molar-refractivity contribution is 8.01. The molecule has 0 unspecified atom stereocenters. The molecule has 0 saturated heterocycles. The van der Waals surface area contributed by atoms with Gasteiger partial charge in [0.05, 0.1) is 22.2 Å². The molecule has 4 rings (SSSR count). The SMILES string of the molecule is O=C(CSc1nc(-c2ccccc2)cs1)Nc1cc2c(cc1Cl)OCCO2. The number of nitrogens with zero attached hydrogens (tertiary/aromatic N) is 1. The first-order valence-corrected chi connectivity index (χ1v) is 10.5. The van der Waals surface area contributed by atoms with Gasteiger partial charge in [0.2, 0.25) is 5.91 Å². The van der Waals surface area contributed by atoms with E-state index < -0.39 is 0 Å². The van der Waals surface area contributed by atoms with Crippen molar-refractivity contribution < 1.29 is 14.3 Å². The monoisotopic (exact) mass is 418 g/mol. The maximum Gasteiger partial charge on any atom is 0.234 e. The summed E-state index contributed by atoms with van der Waals surface area (Å²) in [6, 6.07) is 13.3. The lowest BCUT2D eigenvalue weighted by Crippen LogP contribution is -2.17. The zero-order valence-corrected chi connectivity index (χ0v) is 16.5. The smallest absolute Gasteiger partial charge is 0.234 e. The minimum Gasteiger partial charge on any atom is -0.486 e. The Labute approximate surface area is 169 Å². The van der Waals surface area contributed by atoms with Crippen molar-refractivity contribution in [3.63, 3.8) is 0 Å². The van der Waals surface area contributed by atoms with Crippen LogP contribution in [0, 0.1) is 0 Å². The summed E-state index contributed by atoms with van der Waals surface area (Å²) in [5.41, 5.74) is 2.49. The van der Waals surface area contributed by atoms with Crippen molar-refractivity contribution in [1.82, 2.24) is 4.98 Å². The summed E-state index contributed by atoms with van der Waals surface area (Å²) in [7, 11) is 0. The number of hydrogen-bond acceptors (Lipinski definition) is 6. The van der Waals surface area contributed by atoms with Crippen LogP contribution in [0.2, 0.25) is 5.02 Å². The van der Waals surface area contributed by atoms with Crippen molar-refractivity contribution in [2.75, 3.05) is 24.3 Å². The van der Waals surface area contributed by atoms with Crippen molar-refractivity contribution >= 4 is 46.3 Å². The van der Waals surface area contributed by atoms with E-state index in [1.807, 2.05) is 35.7 Å². The number of halogens is 1. The summed E-state index contributed by atoms with van der Waals surface area (Å²) in [5, 5.41) is 5.23. The summed E-state index contributed by atoms with van der Waals surface area (Å²) in [6.07, 6.45) is 0. The number of rotatable bonds is 5. The number of aromatic nitrogens is 1. The molecule has 0 radical (unpaired) electrons. The minimum absolute atomic E-state index is 0.157. The number of carbonyl (C=O) groups is 1. The molecule has 27 heavy (non-hydrogen) atoms. The van der Waals surface area contributed by atoms with Gasteiger partial charge >= 0.3 is 0 Å². The van der Waals surface area contributed by atoms with Crippen LogP contribution in [0.15, 0.2) is 52.2 Å². The van der Waals surface area contributed by atoms with Gasteiger partial charge in [0.15, 0.2) is 15.8 Å². The number of thioether (sulfide) groups is 1. The quantitative estimate of drug-likeness (QED) is 0.593. The van der Waals surface area contributed by atoms with Crippen molar-refractivity contribution in [2.24, 2.45) is 0 Å². The summed E-state index contributed by atoms with van der Waals surface area (Å²) < 4.78 is 11.8. The average Bonchev–Trinajstić information content (AvgIpc) is 3.17. The maximum absolute atomic E-state index is 12.3. The lowest BCUT2D eigenvalue weighted by atomic mass is 10.2. The number of ether oxygens (including phenoxy) is 2. The summed E-state index contributed by atoms with van der Waals surface area (Å²) in [5.74, 6) is 1.26. The van der Waals surface area contributed by atoms with Gasteiger partial charge in [0.1, 0.15) is 13.2 Å². The molecule has 0 spiro atoms. The number of carbonyl (C=O) groups excluding carboxylic acids is 1. The number of nitrogens with one attached hydrogen (secondary N) is 1. The molecule has 0 bridgehead atoms. The van der Waals surface area contributed by atoms with Crippen LogP contribution in [0.3, 0.4) is 0 Å². The molecular weight excluding hydrogens is 404 g/mol. The second-order valence-corrected chi connectivity index (χ2v) is 8.17. The molecular formula is C19H15ClN2O3S2. The number of amides is 1. The number of hydrogen-bond donors (Lipinski definition) is 1. The molecule has 0 saturated carbocycles. The fraction of sp³-hybridized carbons (Fsp3) is 0.158. The third-order valence-electron chi connectivity index (χ3n) is 3.79. The number of anilines is 1. The molecule has 1 aromatic heterocycles. The van der Waals surface area contributed by atoms with Crippen LogP contribution in [0.1, 0.15) is 0 Å². The second kappa shape index (κ2) is 8.21. The molecule has 1 aliphatic heterocycles. The van der Waals surface area contributed by atoms with Crippen LogP contribution in [0.25, 0.3) is 11.3 Å². The van der Waals surface area contributed by atoms with Crippen molar-refractivity contribution in [2.45, 2.75) is 4.34 Å². The molecule has 2 aromatic carbocycles. The molecule has 5 nitrogen and oxygen atoms in total. The molecule has 2 heterocycles. The predicted molar refractivity (Wildman–Crippen MR) is 109 cm³/mol. The van der Waals surface area contributed by atoms with E-state index in [0.717, 1.165) is 15.6 Å². The first-order valence-electron chi connectivity index (χ1n) is 8.22. The Kier molecular flexibility index (Phi) is 5.52. The Hall–Kier alpha value is -2.22. The molecule has 138 valence electrons. The van der Waals surface area contributed by atoms with Crippen LogP contribution in [-0.2, 0) is 4.79 Å². The molecule has 1 N–H and O–H groups in total. The van der Waals surface area contributed by atoms with Gasteiger partial charge in [-0.1, -0.05) is 53.7 Å². The highest BCUT2D eigenvalue weighted by atomic mass is 35.5. The van der Waals surface area contributed by atoms with Crippen LogP contribution < -0.4 is 14.8 Å². The molecule has 1 aliphatic rings. The second-order valence-electron chi connectivity index (χ2n) is 5.68. The van der Waals surface area contributed by atoms with Crippen LogP contribution in [0.4, 0.5) is 5.69 Å². The average molecular weight is 419 g/mol. The number of fused-ring (bicyclic) bond motifs is 1. The first kappa shape index (κ1) is 18.2. The van der Waals surface area contributed by atoms with Crippen LogP contribution in [-0.4, -0.2) is 29.9 Å². The number of benzene rings is 2. The lowest BCUT2D eigenvalue weighted by Gasteiger charge is -2.19.